The number of carbonyl (C=O) groups excluding carboxylic acids is 1. The highest BCUT2D eigenvalue weighted by Gasteiger charge is 2.16. The maximum absolute atomic E-state index is 12.8. The van der Waals surface area contributed by atoms with Crippen molar-refractivity contribution in [2.24, 2.45) is 7.05 Å². The maximum atomic E-state index is 12.8. The summed E-state index contributed by atoms with van der Waals surface area (Å²) in [7, 11) is 1.79. The van der Waals surface area contributed by atoms with Gasteiger partial charge in [-0.25, -0.2) is 4.98 Å². The lowest BCUT2D eigenvalue weighted by Crippen LogP contribution is -2.35. The van der Waals surface area contributed by atoms with Crippen molar-refractivity contribution in [3.63, 3.8) is 0 Å². The van der Waals surface area contributed by atoms with Gasteiger partial charge in [-0.05, 0) is 38.2 Å². The number of hydrogen-bond donors (Lipinski definition) is 1. The number of benzene rings is 1. The molecule has 1 aromatic carbocycles. The second-order valence-corrected chi connectivity index (χ2v) is 9.25. The number of unbranched alkanes of at least 4 members (excludes halogenated alkanes) is 1. The summed E-state index contributed by atoms with van der Waals surface area (Å²) in [4.78, 5) is 29.6. The monoisotopic (exact) mass is 427 g/mol. The zero-order valence-electron chi connectivity index (χ0n) is 18.2. The van der Waals surface area contributed by atoms with Gasteiger partial charge in [-0.2, -0.15) is 0 Å². The number of thioether (sulfide) groups is 1. The minimum atomic E-state index is 0.0284. The van der Waals surface area contributed by atoms with Crippen LogP contribution in [0.25, 0.3) is 0 Å². The van der Waals surface area contributed by atoms with E-state index in [0.717, 1.165) is 53.4 Å². The molecule has 0 spiro atoms. The summed E-state index contributed by atoms with van der Waals surface area (Å²) in [5, 5.41) is 3.93. The van der Waals surface area contributed by atoms with Gasteiger partial charge in [0.15, 0.2) is 5.16 Å². The highest BCUT2D eigenvalue weighted by atomic mass is 32.2. The minimum absolute atomic E-state index is 0.0284. The Bertz CT molecular complexity index is 889. The molecule has 1 saturated carbocycles. The van der Waals surface area contributed by atoms with Crippen LogP contribution >= 0.6 is 11.8 Å². The van der Waals surface area contributed by atoms with Crippen molar-refractivity contribution < 1.29 is 4.79 Å². The van der Waals surface area contributed by atoms with E-state index in [1.807, 2.05) is 37.3 Å². The lowest BCUT2D eigenvalue weighted by Gasteiger charge is -2.22. The van der Waals surface area contributed by atoms with Crippen molar-refractivity contribution in [3.05, 3.63) is 57.5 Å². The van der Waals surface area contributed by atoms with Gasteiger partial charge < -0.3 is 5.32 Å². The predicted molar refractivity (Wildman–Crippen MR) is 123 cm³/mol. The molecular weight excluding hydrogens is 394 g/mol. The smallest absolute Gasteiger partial charge is 0.257 e. The molecule has 1 amide bonds. The van der Waals surface area contributed by atoms with Gasteiger partial charge in [0.2, 0.25) is 5.91 Å². The molecule has 1 heterocycles. The lowest BCUT2D eigenvalue weighted by molar-refractivity contribution is -0.122. The molecule has 0 aliphatic heterocycles. The largest absolute Gasteiger partial charge is 0.353 e. The first kappa shape index (κ1) is 22.6. The van der Waals surface area contributed by atoms with Gasteiger partial charge in [0, 0.05) is 42.9 Å². The fourth-order valence-electron chi connectivity index (χ4n) is 3.96. The number of aromatic nitrogens is 2. The number of carbonyl (C=O) groups is 1. The molecule has 5 nitrogen and oxygen atoms in total. The molecule has 1 aliphatic rings. The van der Waals surface area contributed by atoms with Gasteiger partial charge in [0.1, 0.15) is 0 Å². The van der Waals surface area contributed by atoms with E-state index in [1.54, 1.807) is 23.4 Å². The van der Waals surface area contributed by atoms with Gasteiger partial charge in [-0.1, -0.05) is 61.4 Å². The van der Waals surface area contributed by atoms with Crippen LogP contribution in [0.15, 0.2) is 40.3 Å². The van der Waals surface area contributed by atoms with E-state index < -0.39 is 0 Å². The molecule has 0 saturated heterocycles. The van der Waals surface area contributed by atoms with Gasteiger partial charge in [0.05, 0.1) is 0 Å². The third-order valence-electron chi connectivity index (χ3n) is 5.77. The minimum Gasteiger partial charge on any atom is -0.353 e. The zero-order valence-corrected chi connectivity index (χ0v) is 19.0. The van der Waals surface area contributed by atoms with E-state index in [0.29, 0.717) is 18.9 Å². The van der Waals surface area contributed by atoms with Crippen LogP contribution in [0.1, 0.15) is 68.2 Å². The summed E-state index contributed by atoms with van der Waals surface area (Å²) in [5.74, 6) is 1.03. The molecule has 2 aromatic rings. The van der Waals surface area contributed by atoms with E-state index in [1.165, 1.54) is 19.3 Å². The molecule has 1 fully saturated rings. The van der Waals surface area contributed by atoms with Gasteiger partial charge in [0.25, 0.3) is 5.56 Å². The van der Waals surface area contributed by atoms with Crippen LogP contribution in [-0.4, -0.2) is 27.3 Å². The van der Waals surface area contributed by atoms with Crippen LogP contribution in [0.2, 0.25) is 0 Å². The average molecular weight is 428 g/mol. The van der Waals surface area contributed by atoms with Crippen molar-refractivity contribution in [2.75, 3.05) is 5.75 Å². The van der Waals surface area contributed by atoms with Crippen molar-refractivity contribution in [1.82, 2.24) is 14.9 Å². The summed E-state index contributed by atoms with van der Waals surface area (Å²) >= 11 is 1.60. The standard InChI is InChI=1S/C24H33N3O2S/c1-18-21(17-19-11-5-3-6-12-19)23(29)27(2)24(25-18)30-16-10-9-15-22(28)26-20-13-7-4-8-14-20/h3,5-6,11-12,20H,4,7-10,13-17H2,1-2H3,(H,26,28). The summed E-state index contributed by atoms with van der Waals surface area (Å²) in [6, 6.07) is 10.4. The van der Waals surface area contributed by atoms with Crippen LogP contribution in [0.3, 0.4) is 0 Å². The highest BCUT2D eigenvalue weighted by Crippen LogP contribution is 2.19. The van der Waals surface area contributed by atoms with E-state index in [4.69, 9.17) is 0 Å². The fourth-order valence-corrected chi connectivity index (χ4v) is 4.97. The van der Waals surface area contributed by atoms with E-state index in [2.05, 4.69) is 10.3 Å². The normalized spacial score (nSPS) is 14.6. The van der Waals surface area contributed by atoms with Crippen LogP contribution in [-0.2, 0) is 18.3 Å². The molecule has 1 aliphatic carbocycles. The molecular formula is C24H33N3O2S. The third-order valence-corrected chi connectivity index (χ3v) is 6.89. The van der Waals surface area contributed by atoms with Crippen molar-refractivity contribution in [3.8, 4) is 0 Å². The predicted octanol–water partition coefficient (Wildman–Crippen LogP) is 4.39. The summed E-state index contributed by atoms with van der Waals surface area (Å²) < 4.78 is 1.66. The van der Waals surface area contributed by atoms with E-state index in [-0.39, 0.29) is 11.5 Å². The van der Waals surface area contributed by atoms with Crippen LogP contribution < -0.4 is 10.9 Å². The number of amides is 1. The molecule has 6 heteroatoms. The number of nitrogens with one attached hydrogen (secondary N) is 1. The Labute approximate surface area is 183 Å². The Hall–Kier alpha value is -2.08. The second-order valence-electron chi connectivity index (χ2n) is 8.19. The Kier molecular flexibility index (Phi) is 8.55. The van der Waals surface area contributed by atoms with Crippen molar-refractivity contribution >= 4 is 17.7 Å². The summed E-state index contributed by atoms with van der Waals surface area (Å²) in [5.41, 5.74) is 2.70. The Morgan fingerprint density at radius 1 is 1.17 bits per heavy atom. The lowest BCUT2D eigenvalue weighted by atomic mass is 9.95. The molecule has 3 rings (SSSR count). The Morgan fingerprint density at radius 2 is 1.90 bits per heavy atom. The number of hydrogen-bond acceptors (Lipinski definition) is 4. The Morgan fingerprint density at radius 3 is 2.63 bits per heavy atom. The van der Waals surface area contributed by atoms with Crippen molar-refractivity contribution in [2.45, 2.75) is 75.9 Å². The van der Waals surface area contributed by atoms with Gasteiger partial charge >= 0.3 is 0 Å². The zero-order chi connectivity index (χ0) is 21.3. The topological polar surface area (TPSA) is 64.0 Å². The number of rotatable bonds is 9. The second kappa shape index (κ2) is 11.3. The van der Waals surface area contributed by atoms with E-state index >= 15 is 0 Å². The van der Waals surface area contributed by atoms with Crippen LogP contribution in [0, 0.1) is 6.92 Å². The highest BCUT2D eigenvalue weighted by molar-refractivity contribution is 7.99. The molecule has 0 unspecified atom stereocenters. The van der Waals surface area contributed by atoms with E-state index in [9.17, 15) is 9.59 Å². The van der Waals surface area contributed by atoms with Gasteiger partial charge in [-0.15, -0.1) is 0 Å². The maximum Gasteiger partial charge on any atom is 0.257 e. The van der Waals surface area contributed by atoms with Crippen LogP contribution in [0.4, 0.5) is 0 Å². The summed E-state index contributed by atoms with van der Waals surface area (Å²) in [6.45, 7) is 1.92. The molecule has 1 N–H and O–H groups in total. The third kappa shape index (κ3) is 6.46. The molecule has 30 heavy (non-hydrogen) atoms. The average Bonchev–Trinajstić information content (AvgIpc) is 2.76. The molecule has 0 atom stereocenters. The number of nitrogens with zero attached hydrogens (tertiary/aromatic N) is 2. The fraction of sp³-hybridized carbons (Fsp3) is 0.542. The molecule has 162 valence electrons. The quantitative estimate of drug-likeness (QED) is 0.366. The summed E-state index contributed by atoms with van der Waals surface area (Å²) in [6.07, 6.45) is 9.00. The van der Waals surface area contributed by atoms with Gasteiger partial charge in [-0.3, -0.25) is 14.2 Å². The molecule has 0 bridgehead atoms. The van der Waals surface area contributed by atoms with Crippen molar-refractivity contribution in [1.29, 1.82) is 0 Å². The first-order valence-electron chi connectivity index (χ1n) is 11.1. The first-order chi connectivity index (χ1) is 14.5. The molecule has 1 aromatic heterocycles. The number of aryl methyl sites for hydroxylation is 1. The molecule has 0 radical (unpaired) electrons. The Balaban J connectivity index is 1.46. The van der Waals surface area contributed by atoms with Crippen LogP contribution in [0.5, 0.6) is 0 Å². The SMILES string of the molecule is Cc1nc(SCCCCC(=O)NC2CCCCC2)n(C)c(=O)c1Cc1ccccc1. The first-order valence-corrected chi connectivity index (χ1v) is 12.1.